The molecule has 1 aromatic rings. The molecule has 0 spiro atoms. The van der Waals surface area contributed by atoms with Gasteiger partial charge in [-0.15, -0.1) is 6.42 Å². The largest absolute Gasteiger partial charge is 0.395 e. The zero-order chi connectivity index (χ0) is 12.1. The molecule has 17 heavy (non-hydrogen) atoms. The highest BCUT2D eigenvalue weighted by Crippen LogP contribution is 2.35. The maximum Gasteiger partial charge on any atom is 0.0605 e. The van der Waals surface area contributed by atoms with Gasteiger partial charge in [0.15, 0.2) is 0 Å². The minimum Gasteiger partial charge on any atom is -0.395 e. The Bertz CT molecular complexity index is 378. The lowest BCUT2D eigenvalue weighted by Crippen LogP contribution is -2.39. The van der Waals surface area contributed by atoms with Gasteiger partial charge in [0.25, 0.3) is 0 Å². The van der Waals surface area contributed by atoms with E-state index in [0.29, 0.717) is 12.5 Å². The number of terminal acetylenes is 1. The van der Waals surface area contributed by atoms with Crippen molar-refractivity contribution in [3.63, 3.8) is 0 Å². The van der Waals surface area contributed by atoms with E-state index in [1.165, 1.54) is 18.4 Å². The van der Waals surface area contributed by atoms with Gasteiger partial charge in [0.2, 0.25) is 0 Å². The molecule has 1 aliphatic rings. The van der Waals surface area contributed by atoms with Gasteiger partial charge >= 0.3 is 0 Å². The van der Waals surface area contributed by atoms with Crippen molar-refractivity contribution in [3.05, 3.63) is 35.9 Å². The summed E-state index contributed by atoms with van der Waals surface area (Å²) in [6.07, 6.45) is 7.87. The zero-order valence-electron chi connectivity index (χ0n) is 10.0. The van der Waals surface area contributed by atoms with Gasteiger partial charge in [-0.1, -0.05) is 36.3 Å². The number of nitrogens with zero attached hydrogens (tertiary/aromatic N) is 1. The molecule has 0 unspecified atom stereocenters. The van der Waals surface area contributed by atoms with Crippen LogP contribution in [0.5, 0.6) is 0 Å². The highest BCUT2D eigenvalue weighted by atomic mass is 16.3. The Morgan fingerprint density at radius 3 is 2.59 bits per heavy atom. The van der Waals surface area contributed by atoms with Gasteiger partial charge in [0, 0.05) is 12.6 Å². The molecule has 0 aliphatic heterocycles. The van der Waals surface area contributed by atoms with E-state index in [9.17, 15) is 5.11 Å². The fourth-order valence-corrected chi connectivity index (χ4v) is 2.27. The van der Waals surface area contributed by atoms with Crippen LogP contribution in [0.25, 0.3) is 0 Å². The summed E-state index contributed by atoms with van der Waals surface area (Å²) in [7, 11) is 0. The highest BCUT2D eigenvalue weighted by molar-refractivity contribution is 5.15. The maximum absolute atomic E-state index is 9.50. The average Bonchev–Trinajstić information content (AvgIpc) is 3.16. The fraction of sp³-hybridized carbons (Fsp3) is 0.467. The SMILES string of the molecule is C#CCN(Cc1ccccc1)[C@H](CO)C1CC1. The topological polar surface area (TPSA) is 23.5 Å². The van der Waals surface area contributed by atoms with Crippen molar-refractivity contribution in [3.8, 4) is 12.3 Å². The molecule has 2 rings (SSSR count). The molecule has 2 heteroatoms. The number of aliphatic hydroxyl groups is 1. The summed E-state index contributed by atoms with van der Waals surface area (Å²) in [5, 5.41) is 9.50. The van der Waals surface area contributed by atoms with E-state index in [1.54, 1.807) is 0 Å². The van der Waals surface area contributed by atoms with E-state index in [1.807, 2.05) is 18.2 Å². The first-order valence-corrected chi connectivity index (χ1v) is 6.17. The molecule has 2 nitrogen and oxygen atoms in total. The molecule has 1 saturated carbocycles. The first-order valence-electron chi connectivity index (χ1n) is 6.17. The van der Waals surface area contributed by atoms with Gasteiger partial charge in [-0.3, -0.25) is 4.90 Å². The smallest absolute Gasteiger partial charge is 0.0605 e. The van der Waals surface area contributed by atoms with Gasteiger partial charge in [-0.05, 0) is 24.3 Å². The first-order chi connectivity index (χ1) is 8.35. The average molecular weight is 229 g/mol. The van der Waals surface area contributed by atoms with E-state index < -0.39 is 0 Å². The van der Waals surface area contributed by atoms with Crippen molar-refractivity contribution in [1.82, 2.24) is 4.90 Å². The van der Waals surface area contributed by atoms with Crippen molar-refractivity contribution in [2.24, 2.45) is 5.92 Å². The molecule has 1 N–H and O–H groups in total. The van der Waals surface area contributed by atoms with Crippen molar-refractivity contribution >= 4 is 0 Å². The Morgan fingerprint density at radius 2 is 2.06 bits per heavy atom. The minimum atomic E-state index is 0.208. The molecule has 0 saturated heterocycles. The summed E-state index contributed by atoms with van der Waals surface area (Å²) >= 11 is 0. The number of aliphatic hydroxyl groups excluding tert-OH is 1. The van der Waals surface area contributed by atoms with Crippen molar-refractivity contribution in [2.75, 3.05) is 13.2 Å². The van der Waals surface area contributed by atoms with Crippen LogP contribution in [0.1, 0.15) is 18.4 Å². The second-order valence-electron chi connectivity index (χ2n) is 4.68. The van der Waals surface area contributed by atoms with Crippen LogP contribution < -0.4 is 0 Å². The molecular weight excluding hydrogens is 210 g/mol. The van der Waals surface area contributed by atoms with Crippen molar-refractivity contribution in [2.45, 2.75) is 25.4 Å². The lowest BCUT2D eigenvalue weighted by molar-refractivity contribution is 0.114. The summed E-state index contributed by atoms with van der Waals surface area (Å²) in [6.45, 7) is 1.64. The molecule has 1 fully saturated rings. The maximum atomic E-state index is 9.50. The van der Waals surface area contributed by atoms with Gasteiger partial charge in [0.1, 0.15) is 0 Å². The molecule has 90 valence electrons. The number of rotatable bonds is 6. The third-order valence-corrected chi connectivity index (χ3v) is 3.35. The molecule has 0 bridgehead atoms. The van der Waals surface area contributed by atoms with Crippen LogP contribution in [-0.4, -0.2) is 29.2 Å². The van der Waals surface area contributed by atoms with Crippen LogP contribution >= 0.6 is 0 Å². The van der Waals surface area contributed by atoms with Gasteiger partial charge in [-0.2, -0.15) is 0 Å². The van der Waals surface area contributed by atoms with Crippen LogP contribution in [-0.2, 0) is 6.54 Å². The van der Waals surface area contributed by atoms with Gasteiger partial charge in [-0.25, -0.2) is 0 Å². The summed E-state index contributed by atoms with van der Waals surface area (Å²) in [5.74, 6) is 3.34. The Kier molecular flexibility index (Phi) is 4.19. The van der Waals surface area contributed by atoms with Crippen LogP contribution in [0.3, 0.4) is 0 Å². The highest BCUT2D eigenvalue weighted by Gasteiger charge is 2.34. The van der Waals surface area contributed by atoms with Crippen molar-refractivity contribution in [1.29, 1.82) is 0 Å². The standard InChI is InChI=1S/C15H19NO/c1-2-10-16(15(12-17)14-8-9-14)11-13-6-4-3-5-7-13/h1,3-7,14-15,17H,8-12H2/t15-/m1/s1. The van der Waals surface area contributed by atoms with E-state index in [-0.39, 0.29) is 12.6 Å². The number of benzene rings is 1. The third-order valence-electron chi connectivity index (χ3n) is 3.35. The lowest BCUT2D eigenvalue weighted by Gasteiger charge is -2.28. The van der Waals surface area contributed by atoms with Gasteiger partial charge in [0.05, 0.1) is 13.2 Å². The minimum absolute atomic E-state index is 0.208. The second kappa shape index (κ2) is 5.86. The molecule has 1 aromatic carbocycles. The Balaban J connectivity index is 2.03. The van der Waals surface area contributed by atoms with Crippen LogP contribution in [0, 0.1) is 18.3 Å². The molecule has 0 radical (unpaired) electrons. The fourth-order valence-electron chi connectivity index (χ4n) is 2.27. The lowest BCUT2D eigenvalue weighted by atomic mass is 10.1. The zero-order valence-corrected chi connectivity index (χ0v) is 10.0. The van der Waals surface area contributed by atoms with E-state index in [0.717, 1.165) is 6.54 Å². The molecular formula is C15H19NO. The van der Waals surface area contributed by atoms with Gasteiger partial charge < -0.3 is 5.11 Å². The normalized spacial score (nSPS) is 16.8. The summed E-state index contributed by atoms with van der Waals surface area (Å²) < 4.78 is 0. The predicted molar refractivity (Wildman–Crippen MR) is 69.3 cm³/mol. The summed E-state index contributed by atoms with van der Waals surface area (Å²) in [5.41, 5.74) is 1.25. The molecule has 0 heterocycles. The molecule has 0 amide bonds. The Labute approximate surface area is 103 Å². The van der Waals surface area contributed by atoms with E-state index in [2.05, 4.69) is 23.0 Å². The predicted octanol–water partition coefficient (Wildman–Crippen LogP) is 1.89. The Morgan fingerprint density at radius 1 is 1.35 bits per heavy atom. The van der Waals surface area contributed by atoms with Crippen LogP contribution in [0.2, 0.25) is 0 Å². The number of hydrogen-bond acceptors (Lipinski definition) is 2. The quantitative estimate of drug-likeness (QED) is 0.753. The van der Waals surface area contributed by atoms with E-state index in [4.69, 9.17) is 6.42 Å². The second-order valence-corrected chi connectivity index (χ2v) is 4.68. The van der Waals surface area contributed by atoms with E-state index >= 15 is 0 Å². The molecule has 1 atom stereocenters. The Hall–Kier alpha value is -1.30. The van der Waals surface area contributed by atoms with Crippen molar-refractivity contribution < 1.29 is 5.11 Å². The monoisotopic (exact) mass is 229 g/mol. The van der Waals surface area contributed by atoms with Crippen LogP contribution in [0.15, 0.2) is 30.3 Å². The summed E-state index contributed by atoms with van der Waals surface area (Å²) in [4.78, 5) is 2.22. The number of hydrogen-bond donors (Lipinski definition) is 1. The third kappa shape index (κ3) is 3.33. The summed E-state index contributed by atoms with van der Waals surface area (Å²) in [6, 6.07) is 10.5. The molecule has 0 aromatic heterocycles. The first kappa shape index (κ1) is 12.2. The molecule has 1 aliphatic carbocycles. The van der Waals surface area contributed by atoms with Crippen LogP contribution in [0.4, 0.5) is 0 Å².